The number of Topliss-reactive ketones (excluding diaryl/α,β-unsaturated/α-hetero) is 2. The molecule has 162 valence electrons. The van der Waals surface area contributed by atoms with E-state index in [1.807, 2.05) is 0 Å². The maximum atomic E-state index is 12.8. The quantitative estimate of drug-likeness (QED) is 0.166. The molecular weight excluding hydrogens is 414 g/mol. The fourth-order valence-corrected chi connectivity index (χ4v) is 2.85. The van der Waals surface area contributed by atoms with Crippen LogP contribution in [0.4, 0.5) is 5.69 Å². The molecule has 2 N–H and O–H groups in total. The highest BCUT2D eigenvalue weighted by Gasteiger charge is 2.34. The van der Waals surface area contributed by atoms with Crippen molar-refractivity contribution in [3.63, 3.8) is 0 Å². The molecule has 2 aromatic carbocycles. The maximum absolute atomic E-state index is 12.8. The number of benzene rings is 2. The van der Waals surface area contributed by atoms with Crippen molar-refractivity contribution in [3.8, 4) is 17.2 Å². The Labute approximate surface area is 175 Å². The fourth-order valence-electron chi connectivity index (χ4n) is 2.85. The molecule has 0 aliphatic rings. The summed E-state index contributed by atoms with van der Waals surface area (Å²) in [5.74, 6) is -7.06. The number of ketones is 2. The number of phenols is 2. The summed E-state index contributed by atoms with van der Waals surface area (Å²) in [6.45, 7) is 2.28. The van der Waals surface area contributed by atoms with Gasteiger partial charge in [0.05, 0.1) is 27.2 Å². The number of nitro benzene ring substituents is 1. The van der Waals surface area contributed by atoms with Gasteiger partial charge >= 0.3 is 11.9 Å². The SMILES string of the molecule is CC(=O)Oc1c(O)c(O)c(C(C)=O)c(C(=O)OCc2ccccc2[N+](=O)[O-])c1C(C)=O. The number of nitrogens with zero attached hydrogens (tertiary/aromatic N) is 1. The second-order valence-corrected chi connectivity index (χ2v) is 6.32. The summed E-state index contributed by atoms with van der Waals surface area (Å²) in [6.07, 6.45) is 0. The molecule has 2 rings (SSSR count). The molecule has 2 aromatic rings. The van der Waals surface area contributed by atoms with Crippen LogP contribution >= 0.6 is 0 Å². The number of aromatic hydroxyl groups is 2. The zero-order chi connectivity index (χ0) is 23.5. The van der Waals surface area contributed by atoms with Gasteiger partial charge in [-0.15, -0.1) is 0 Å². The average Bonchev–Trinajstić information content (AvgIpc) is 2.68. The summed E-state index contributed by atoms with van der Waals surface area (Å²) >= 11 is 0. The first kappa shape index (κ1) is 23.0. The Morgan fingerprint density at radius 2 is 1.52 bits per heavy atom. The third kappa shape index (κ3) is 4.66. The molecule has 0 bridgehead atoms. The summed E-state index contributed by atoms with van der Waals surface area (Å²) in [4.78, 5) is 59.0. The van der Waals surface area contributed by atoms with E-state index in [2.05, 4.69) is 0 Å². The van der Waals surface area contributed by atoms with Crippen molar-refractivity contribution in [2.45, 2.75) is 27.4 Å². The van der Waals surface area contributed by atoms with Crippen molar-refractivity contribution in [3.05, 3.63) is 56.6 Å². The van der Waals surface area contributed by atoms with Gasteiger partial charge in [-0.25, -0.2) is 4.79 Å². The maximum Gasteiger partial charge on any atom is 0.340 e. The highest BCUT2D eigenvalue weighted by molar-refractivity contribution is 6.16. The van der Waals surface area contributed by atoms with Gasteiger partial charge in [0.1, 0.15) is 6.61 Å². The summed E-state index contributed by atoms with van der Waals surface area (Å²) < 4.78 is 9.84. The van der Waals surface area contributed by atoms with Crippen LogP contribution in [0.15, 0.2) is 24.3 Å². The molecule has 0 saturated heterocycles. The van der Waals surface area contributed by atoms with Gasteiger partial charge in [0.25, 0.3) is 5.69 Å². The zero-order valence-electron chi connectivity index (χ0n) is 16.6. The standard InChI is InChI=1S/C20H17NO10/c1-9(22)14-16(15(10(2)23)19(31-11(3)24)18(26)17(14)25)20(27)30-8-12-6-4-5-7-13(12)21(28)29/h4-7,25-26H,8H2,1-3H3. The van der Waals surface area contributed by atoms with E-state index in [9.17, 15) is 39.5 Å². The largest absolute Gasteiger partial charge is 0.504 e. The summed E-state index contributed by atoms with van der Waals surface area (Å²) in [5, 5.41) is 31.5. The summed E-state index contributed by atoms with van der Waals surface area (Å²) in [6, 6.07) is 5.41. The van der Waals surface area contributed by atoms with Crippen molar-refractivity contribution in [2.75, 3.05) is 0 Å². The van der Waals surface area contributed by atoms with E-state index in [-0.39, 0.29) is 11.3 Å². The molecule has 0 atom stereocenters. The van der Waals surface area contributed by atoms with Crippen molar-refractivity contribution in [1.82, 2.24) is 0 Å². The van der Waals surface area contributed by atoms with Gasteiger partial charge < -0.3 is 19.7 Å². The number of rotatable bonds is 7. The topological polar surface area (TPSA) is 170 Å². The summed E-state index contributed by atoms with van der Waals surface area (Å²) in [7, 11) is 0. The number of para-hydroxylation sites is 1. The van der Waals surface area contributed by atoms with Crippen LogP contribution in [0.25, 0.3) is 0 Å². The van der Waals surface area contributed by atoms with Crippen molar-refractivity contribution in [2.24, 2.45) is 0 Å². The van der Waals surface area contributed by atoms with Crippen LogP contribution in [0.3, 0.4) is 0 Å². The minimum absolute atomic E-state index is 0.0257. The normalized spacial score (nSPS) is 10.3. The Balaban J connectivity index is 2.65. The number of carbonyl (C=O) groups is 4. The van der Waals surface area contributed by atoms with Gasteiger partial charge in [-0.05, 0) is 19.9 Å². The molecule has 0 aromatic heterocycles. The van der Waals surface area contributed by atoms with Crippen LogP contribution in [0, 0.1) is 10.1 Å². The zero-order valence-corrected chi connectivity index (χ0v) is 16.6. The van der Waals surface area contributed by atoms with Gasteiger partial charge in [0.15, 0.2) is 23.1 Å². The molecule has 31 heavy (non-hydrogen) atoms. The van der Waals surface area contributed by atoms with Gasteiger partial charge in [0, 0.05) is 13.0 Å². The van der Waals surface area contributed by atoms with Crippen LogP contribution in [-0.4, -0.2) is 38.6 Å². The van der Waals surface area contributed by atoms with E-state index in [1.165, 1.54) is 24.3 Å². The van der Waals surface area contributed by atoms with E-state index in [4.69, 9.17) is 9.47 Å². The van der Waals surface area contributed by atoms with Crippen molar-refractivity contribution >= 4 is 29.2 Å². The van der Waals surface area contributed by atoms with E-state index in [0.29, 0.717) is 0 Å². The molecule has 0 radical (unpaired) electrons. The first-order valence-electron chi connectivity index (χ1n) is 8.68. The molecule has 0 saturated carbocycles. The number of esters is 2. The molecule has 0 spiro atoms. The predicted octanol–water partition coefficient (Wildman–Crippen LogP) is 2.69. The lowest BCUT2D eigenvalue weighted by atomic mass is 9.93. The number of carbonyl (C=O) groups excluding carboxylic acids is 4. The second kappa shape index (κ2) is 9.03. The van der Waals surface area contributed by atoms with Gasteiger partial charge in [0.2, 0.25) is 5.75 Å². The van der Waals surface area contributed by atoms with Gasteiger partial charge in [-0.1, -0.05) is 12.1 Å². The monoisotopic (exact) mass is 431 g/mol. The van der Waals surface area contributed by atoms with E-state index in [0.717, 1.165) is 20.8 Å². The molecule has 0 heterocycles. The molecule has 0 aliphatic carbocycles. The van der Waals surface area contributed by atoms with Crippen molar-refractivity contribution < 1.29 is 43.8 Å². The summed E-state index contributed by atoms with van der Waals surface area (Å²) in [5.41, 5.74) is -2.44. The Morgan fingerprint density at radius 1 is 0.935 bits per heavy atom. The number of hydrogen-bond acceptors (Lipinski definition) is 10. The molecule has 11 nitrogen and oxygen atoms in total. The van der Waals surface area contributed by atoms with Crippen LogP contribution in [-0.2, 0) is 16.1 Å². The highest BCUT2D eigenvalue weighted by Crippen LogP contribution is 2.45. The Bertz CT molecular complexity index is 1120. The van der Waals surface area contributed by atoms with Crippen LogP contribution in [0.1, 0.15) is 57.4 Å². The van der Waals surface area contributed by atoms with Gasteiger partial charge in [-0.3, -0.25) is 24.5 Å². The van der Waals surface area contributed by atoms with Crippen LogP contribution in [0.2, 0.25) is 0 Å². The number of phenolic OH excluding ortho intramolecular Hbond substituents is 2. The lowest BCUT2D eigenvalue weighted by Gasteiger charge is -2.18. The number of nitro groups is 1. The Kier molecular flexibility index (Phi) is 6.70. The fraction of sp³-hybridized carbons (Fsp3) is 0.200. The molecule has 11 heteroatoms. The second-order valence-electron chi connectivity index (χ2n) is 6.32. The first-order valence-corrected chi connectivity index (χ1v) is 8.68. The van der Waals surface area contributed by atoms with E-state index in [1.54, 1.807) is 0 Å². The molecular formula is C20H17NO10. The third-order valence-corrected chi connectivity index (χ3v) is 4.10. The molecule has 0 amide bonds. The highest BCUT2D eigenvalue weighted by atomic mass is 16.6. The smallest absolute Gasteiger partial charge is 0.340 e. The van der Waals surface area contributed by atoms with Crippen molar-refractivity contribution in [1.29, 1.82) is 0 Å². The van der Waals surface area contributed by atoms with E-state index < -0.39 is 69.0 Å². The number of ether oxygens (including phenoxy) is 2. The molecule has 0 aliphatic heterocycles. The minimum atomic E-state index is -1.31. The molecule has 0 unspecified atom stereocenters. The Hall–Kier alpha value is -4.28. The Morgan fingerprint density at radius 3 is 2.03 bits per heavy atom. The lowest BCUT2D eigenvalue weighted by molar-refractivity contribution is -0.385. The third-order valence-electron chi connectivity index (χ3n) is 4.10. The first-order chi connectivity index (χ1) is 14.5. The number of hydrogen-bond donors (Lipinski definition) is 2. The molecule has 0 fully saturated rings. The van der Waals surface area contributed by atoms with Gasteiger partial charge in [-0.2, -0.15) is 0 Å². The van der Waals surface area contributed by atoms with Crippen LogP contribution in [0.5, 0.6) is 17.2 Å². The van der Waals surface area contributed by atoms with E-state index >= 15 is 0 Å². The minimum Gasteiger partial charge on any atom is -0.504 e. The lowest BCUT2D eigenvalue weighted by Crippen LogP contribution is -2.18. The predicted molar refractivity (Wildman–Crippen MR) is 103 cm³/mol. The average molecular weight is 431 g/mol. The van der Waals surface area contributed by atoms with Crippen LogP contribution < -0.4 is 4.74 Å².